The smallest absolute Gasteiger partial charge is 0.230 e. The van der Waals surface area contributed by atoms with Crippen LogP contribution in [0.2, 0.25) is 0 Å². The molecule has 3 heteroatoms. The number of amides is 1. The van der Waals surface area contributed by atoms with E-state index in [4.69, 9.17) is 4.74 Å². The lowest BCUT2D eigenvalue weighted by atomic mass is 9.83. The van der Waals surface area contributed by atoms with Gasteiger partial charge in [0, 0.05) is 12.1 Å². The van der Waals surface area contributed by atoms with Crippen molar-refractivity contribution in [2.75, 3.05) is 7.11 Å². The minimum absolute atomic E-state index is 0.00209. The van der Waals surface area contributed by atoms with Crippen molar-refractivity contribution in [3.63, 3.8) is 0 Å². The molecule has 0 aliphatic heterocycles. The highest BCUT2D eigenvalue weighted by molar-refractivity contribution is 5.87. The zero-order chi connectivity index (χ0) is 16.2. The van der Waals surface area contributed by atoms with Crippen molar-refractivity contribution in [2.24, 2.45) is 0 Å². The largest absolute Gasteiger partial charge is 0.496 e. The third-order valence-corrected chi connectivity index (χ3v) is 3.97. The number of hydrogen-bond donors (Lipinski definition) is 1. The molecule has 0 atom stereocenters. The summed E-state index contributed by atoms with van der Waals surface area (Å²) >= 11 is 0. The van der Waals surface area contributed by atoms with Crippen LogP contribution in [0.4, 0.5) is 0 Å². The van der Waals surface area contributed by atoms with Gasteiger partial charge in [0.25, 0.3) is 0 Å². The molecule has 0 saturated carbocycles. The second-order valence-electron chi connectivity index (χ2n) is 5.99. The van der Waals surface area contributed by atoms with Crippen LogP contribution < -0.4 is 10.1 Å². The minimum atomic E-state index is -0.574. The summed E-state index contributed by atoms with van der Waals surface area (Å²) in [5.74, 6) is 0.790. The highest BCUT2D eigenvalue weighted by Crippen LogP contribution is 2.24. The maximum atomic E-state index is 12.6. The molecule has 1 amide bonds. The summed E-state index contributed by atoms with van der Waals surface area (Å²) in [6.07, 6.45) is 0. The van der Waals surface area contributed by atoms with Gasteiger partial charge in [0.2, 0.25) is 5.91 Å². The first-order valence-electron chi connectivity index (χ1n) is 7.42. The summed E-state index contributed by atoms with van der Waals surface area (Å²) in [7, 11) is 1.64. The Morgan fingerprint density at radius 1 is 1.09 bits per heavy atom. The Balaban J connectivity index is 2.09. The van der Waals surface area contributed by atoms with E-state index < -0.39 is 5.41 Å². The molecular formula is C19H23NO2. The van der Waals surface area contributed by atoms with Crippen LogP contribution in [0, 0.1) is 6.92 Å². The van der Waals surface area contributed by atoms with Crippen molar-refractivity contribution >= 4 is 5.91 Å². The van der Waals surface area contributed by atoms with E-state index in [1.807, 2.05) is 69.3 Å². The number of para-hydroxylation sites is 1. The second-order valence-corrected chi connectivity index (χ2v) is 5.99. The highest BCUT2D eigenvalue weighted by atomic mass is 16.5. The number of carbonyl (C=O) groups excluding carboxylic acids is 1. The van der Waals surface area contributed by atoms with E-state index in [1.54, 1.807) is 7.11 Å². The summed E-state index contributed by atoms with van der Waals surface area (Å²) in [6, 6.07) is 15.8. The molecular weight excluding hydrogens is 274 g/mol. The van der Waals surface area contributed by atoms with Crippen LogP contribution in [0.3, 0.4) is 0 Å². The van der Waals surface area contributed by atoms with Crippen LogP contribution in [-0.2, 0) is 16.8 Å². The molecule has 116 valence electrons. The number of hydrogen-bond acceptors (Lipinski definition) is 2. The number of carbonyl (C=O) groups is 1. The van der Waals surface area contributed by atoms with Crippen LogP contribution in [-0.4, -0.2) is 13.0 Å². The predicted octanol–water partition coefficient (Wildman–Crippen LogP) is 3.60. The molecule has 0 heterocycles. The van der Waals surface area contributed by atoms with Crippen molar-refractivity contribution < 1.29 is 9.53 Å². The standard InChI is InChI=1S/C19H23NO2/c1-14-9-11-16(12-10-14)19(2,3)18(21)20-13-15-7-5-6-8-17(15)22-4/h5-12H,13H2,1-4H3,(H,20,21). The average molecular weight is 297 g/mol. The first-order chi connectivity index (χ1) is 10.4. The first kappa shape index (κ1) is 16.1. The molecule has 0 spiro atoms. The van der Waals surface area contributed by atoms with Gasteiger partial charge >= 0.3 is 0 Å². The van der Waals surface area contributed by atoms with Gasteiger partial charge in [-0.05, 0) is 32.4 Å². The Kier molecular flexibility index (Phi) is 4.86. The Morgan fingerprint density at radius 3 is 2.36 bits per heavy atom. The van der Waals surface area contributed by atoms with E-state index in [2.05, 4.69) is 5.32 Å². The summed E-state index contributed by atoms with van der Waals surface area (Å²) in [5, 5.41) is 3.01. The Labute approximate surface area is 132 Å². The quantitative estimate of drug-likeness (QED) is 0.915. The van der Waals surface area contributed by atoms with Crippen molar-refractivity contribution in [2.45, 2.75) is 32.7 Å². The molecule has 0 unspecified atom stereocenters. The molecule has 0 aliphatic rings. The lowest BCUT2D eigenvalue weighted by Crippen LogP contribution is -2.39. The van der Waals surface area contributed by atoms with E-state index in [1.165, 1.54) is 5.56 Å². The number of ether oxygens (including phenoxy) is 1. The topological polar surface area (TPSA) is 38.3 Å². The fourth-order valence-electron chi connectivity index (χ4n) is 2.35. The number of benzene rings is 2. The van der Waals surface area contributed by atoms with Crippen LogP contribution in [0.15, 0.2) is 48.5 Å². The molecule has 0 fully saturated rings. The van der Waals surface area contributed by atoms with Crippen LogP contribution >= 0.6 is 0 Å². The maximum absolute atomic E-state index is 12.6. The number of nitrogens with one attached hydrogen (secondary N) is 1. The fraction of sp³-hybridized carbons (Fsp3) is 0.316. The second kappa shape index (κ2) is 6.65. The predicted molar refractivity (Wildman–Crippen MR) is 89.0 cm³/mol. The molecule has 0 aromatic heterocycles. The third-order valence-electron chi connectivity index (χ3n) is 3.97. The lowest BCUT2D eigenvalue weighted by Gasteiger charge is -2.24. The molecule has 1 N–H and O–H groups in total. The normalized spacial score (nSPS) is 11.1. The molecule has 2 aromatic carbocycles. The Morgan fingerprint density at radius 2 is 1.73 bits per heavy atom. The summed E-state index contributed by atoms with van der Waals surface area (Å²) < 4.78 is 5.31. The molecule has 0 aliphatic carbocycles. The molecule has 0 radical (unpaired) electrons. The summed E-state index contributed by atoms with van der Waals surface area (Å²) in [5.41, 5.74) is 2.60. The van der Waals surface area contributed by atoms with Gasteiger partial charge in [-0.1, -0.05) is 48.0 Å². The van der Waals surface area contributed by atoms with Gasteiger partial charge in [-0.15, -0.1) is 0 Å². The average Bonchev–Trinajstić information content (AvgIpc) is 2.53. The van der Waals surface area contributed by atoms with Gasteiger partial charge in [0.1, 0.15) is 5.75 Å². The Bertz CT molecular complexity index is 645. The number of aryl methyl sites for hydroxylation is 1. The lowest BCUT2D eigenvalue weighted by molar-refractivity contribution is -0.125. The number of methoxy groups -OCH3 is 1. The highest BCUT2D eigenvalue weighted by Gasteiger charge is 2.29. The van der Waals surface area contributed by atoms with Gasteiger partial charge < -0.3 is 10.1 Å². The SMILES string of the molecule is COc1ccccc1CNC(=O)C(C)(C)c1ccc(C)cc1. The van der Waals surface area contributed by atoms with Gasteiger partial charge in [-0.25, -0.2) is 0 Å². The van der Waals surface area contributed by atoms with E-state index in [0.29, 0.717) is 6.54 Å². The Hall–Kier alpha value is -2.29. The van der Waals surface area contributed by atoms with Gasteiger partial charge in [0.05, 0.1) is 12.5 Å². The van der Waals surface area contributed by atoms with E-state index in [-0.39, 0.29) is 5.91 Å². The first-order valence-corrected chi connectivity index (χ1v) is 7.42. The zero-order valence-electron chi connectivity index (χ0n) is 13.6. The zero-order valence-corrected chi connectivity index (χ0v) is 13.6. The van der Waals surface area contributed by atoms with Crippen molar-refractivity contribution in [1.82, 2.24) is 5.32 Å². The van der Waals surface area contributed by atoms with Crippen LogP contribution in [0.1, 0.15) is 30.5 Å². The van der Waals surface area contributed by atoms with Crippen molar-refractivity contribution in [3.05, 3.63) is 65.2 Å². The molecule has 0 bridgehead atoms. The van der Waals surface area contributed by atoms with Gasteiger partial charge in [-0.2, -0.15) is 0 Å². The summed E-state index contributed by atoms with van der Waals surface area (Å²) in [4.78, 5) is 12.6. The van der Waals surface area contributed by atoms with Crippen molar-refractivity contribution in [1.29, 1.82) is 0 Å². The third kappa shape index (κ3) is 3.48. The molecule has 3 nitrogen and oxygen atoms in total. The van der Waals surface area contributed by atoms with Gasteiger partial charge in [0.15, 0.2) is 0 Å². The molecule has 0 saturated heterocycles. The van der Waals surface area contributed by atoms with Gasteiger partial charge in [-0.3, -0.25) is 4.79 Å². The summed E-state index contributed by atoms with van der Waals surface area (Å²) in [6.45, 7) is 6.38. The molecule has 2 aromatic rings. The maximum Gasteiger partial charge on any atom is 0.230 e. The minimum Gasteiger partial charge on any atom is -0.496 e. The van der Waals surface area contributed by atoms with Crippen LogP contribution in [0.25, 0.3) is 0 Å². The molecule has 2 rings (SSSR count). The van der Waals surface area contributed by atoms with Crippen molar-refractivity contribution in [3.8, 4) is 5.75 Å². The number of rotatable bonds is 5. The van der Waals surface area contributed by atoms with E-state index in [9.17, 15) is 4.79 Å². The van der Waals surface area contributed by atoms with Crippen LogP contribution in [0.5, 0.6) is 5.75 Å². The van der Waals surface area contributed by atoms with E-state index in [0.717, 1.165) is 16.9 Å². The molecule has 22 heavy (non-hydrogen) atoms. The monoisotopic (exact) mass is 297 g/mol. The fourth-order valence-corrected chi connectivity index (χ4v) is 2.35. The van der Waals surface area contributed by atoms with E-state index >= 15 is 0 Å².